The summed E-state index contributed by atoms with van der Waals surface area (Å²) in [6, 6.07) is 23.4. The summed E-state index contributed by atoms with van der Waals surface area (Å²) in [6.45, 7) is 1.17. The summed E-state index contributed by atoms with van der Waals surface area (Å²) in [5.74, 6) is -1.39. The molecule has 0 atom stereocenters. The van der Waals surface area contributed by atoms with Crippen molar-refractivity contribution in [3.05, 3.63) is 95.6 Å². The number of aliphatic carboxylic acids is 1. The third-order valence-electron chi connectivity index (χ3n) is 6.14. The number of hydrogen-bond donors (Lipinski definition) is 1. The molecule has 0 saturated carbocycles. The minimum Gasteiger partial charge on any atom is -0.480 e. The number of nitrogens with zero attached hydrogens (tertiary/aromatic N) is 3. The molecule has 1 aliphatic rings. The van der Waals surface area contributed by atoms with Gasteiger partial charge in [-0.1, -0.05) is 41.9 Å². The molecule has 11 heteroatoms. The molecule has 1 amide bonds. The lowest BCUT2D eigenvalue weighted by molar-refractivity contribution is -0.134. The quantitative estimate of drug-likeness (QED) is 0.330. The molecule has 1 N–H and O–H groups in total. The molecule has 8 nitrogen and oxygen atoms in total. The van der Waals surface area contributed by atoms with Crippen molar-refractivity contribution in [2.75, 3.05) is 32.1 Å². The smallest absolute Gasteiger partial charge is 0.318 e. The van der Waals surface area contributed by atoms with Crippen LogP contribution in [0.1, 0.15) is 10.4 Å². The van der Waals surface area contributed by atoms with Crippen molar-refractivity contribution in [3.8, 4) is 11.3 Å². The molecule has 0 aliphatic carbocycles. The molecule has 1 aromatic heterocycles. The molecule has 39 heavy (non-hydrogen) atoms. The topological polar surface area (TPSA) is 108 Å². The Hall–Kier alpha value is -3.50. The minimum absolute atomic E-state index is 0.104. The van der Waals surface area contributed by atoms with Crippen LogP contribution in [0.15, 0.2) is 90.0 Å². The number of carboxylic acids is 1. The Labute approximate surface area is 236 Å². The molecule has 3 aromatic carbocycles. The van der Waals surface area contributed by atoms with Crippen LogP contribution < -0.4 is 0 Å². The Kier molecular flexibility index (Phi) is 9.19. The van der Waals surface area contributed by atoms with Gasteiger partial charge in [-0.3, -0.25) is 14.6 Å². The van der Waals surface area contributed by atoms with Gasteiger partial charge in [-0.25, -0.2) is 8.42 Å². The number of alkyl halides is 1. The average molecular weight is 586 g/mol. The zero-order valence-electron chi connectivity index (χ0n) is 20.7. The van der Waals surface area contributed by atoms with E-state index < -0.39 is 16.0 Å². The zero-order chi connectivity index (χ0) is 28.0. The van der Waals surface area contributed by atoms with Gasteiger partial charge in [0.1, 0.15) is 5.88 Å². The SMILES string of the molecule is O=C(O)CCl.O=C(c1ccc(-c2ccccn2)cc1)N1CCN(S(=O)(=O)c2ccc3cc(Cl)ccc3c2)CC1. The average Bonchev–Trinajstić information content (AvgIpc) is 2.97. The molecular formula is C28H25Cl2N3O5S. The van der Waals surface area contributed by atoms with Crippen molar-refractivity contribution in [2.24, 2.45) is 0 Å². The van der Waals surface area contributed by atoms with Gasteiger partial charge in [0, 0.05) is 48.5 Å². The van der Waals surface area contributed by atoms with Crippen LogP contribution in [0.2, 0.25) is 5.02 Å². The van der Waals surface area contributed by atoms with Crippen molar-refractivity contribution in [1.82, 2.24) is 14.2 Å². The number of carbonyl (C=O) groups is 2. The van der Waals surface area contributed by atoms with Crippen LogP contribution in [0.5, 0.6) is 0 Å². The summed E-state index contributed by atoms with van der Waals surface area (Å²) < 4.78 is 27.9. The summed E-state index contributed by atoms with van der Waals surface area (Å²) >= 11 is 10.8. The standard InChI is InChI=1S/C26H22ClN3O3S.C2H3ClO2/c27-23-10-8-22-18-24(11-9-21(22)17-23)34(32,33)30-15-13-29(14-16-30)26(31)20-6-4-19(5-7-20)25-3-1-2-12-28-25;3-1-2(4)5/h1-12,17-18H,13-16H2;1H2,(H,4,5). The predicted octanol–water partition coefficient (Wildman–Crippen LogP) is 5.01. The molecule has 0 unspecified atom stereocenters. The van der Waals surface area contributed by atoms with E-state index in [0.717, 1.165) is 22.0 Å². The van der Waals surface area contributed by atoms with E-state index in [-0.39, 0.29) is 29.8 Å². The number of piperazine rings is 1. The Morgan fingerprint density at radius 3 is 2.13 bits per heavy atom. The Morgan fingerprint density at radius 1 is 0.872 bits per heavy atom. The van der Waals surface area contributed by atoms with Crippen LogP contribution in [0, 0.1) is 0 Å². The maximum absolute atomic E-state index is 13.2. The summed E-state index contributed by atoms with van der Waals surface area (Å²) in [6.07, 6.45) is 1.73. The van der Waals surface area contributed by atoms with E-state index >= 15 is 0 Å². The third kappa shape index (κ3) is 6.93. The van der Waals surface area contributed by atoms with E-state index in [0.29, 0.717) is 23.7 Å². The molecule has 1 saturated heterocycles. The van der Waals surface area contributed by atoms with Crippen LogP contribution in [0.3, 0.4) is 0 Å². The highest BCUT2D eigenvalue weighted by molar-refractivity contribution is 7.89. The summed E-state index contributed by atoms with van der Waals surface area (Å²) in [4.78, 5) is 28.5. The fourth-order valence-corrected chi connectivity index (χ4v) is 5.77. The molecule has 0 spiro atoms. The van der Waals surface area contributed by atoms with E-state index in [1.54, 1.807) is 53.6 Å². The summed E-state index contributed by atoms with van der Waals surface area (Å²) in [5, 5.41) is 9.90. The van der Waals surface area contributed by atoms with Gasteiger partial charge >= 0.3 is 5.97 Å². The second kappa shape index (κ2) is 12.6. The van der Waals surface area contributed by atoms with Crippen LogP contribution in [-0.2, 0) is 14.8 Å². The van der Waals surface area contributed by atoms with Gasteiger partial charge in [0.05, 0.1) is 10.6 Å². The summed E-state index contributed by atoms with van der Waals surface area (Å²) in [5.41, 5.74) is 2.35. The van der Waals surface area contributed by atoms with Crippen molar-refractivity contribution >= 4 is 55.9 Å². The molecule has 0 bridgehead atoms. The van der Waals surface area contributed by atoms with Crippen LogP contribution in [0.25, 0.3) is 22.0 Å². The number of carbonyl (C=O) groups excluding carboxylic acids is 1. The number of benzene rings is 3. The van der Waals surface area contributed by atoms with Crippen LogP contribution in [-0.4, -0.2) is 71.6 Å². The molecule has 4 aromatic rings. The van der Waals surface area contributed by atoms with Gasteiger partial charge in [-0.15, -0.1) is 11.6 Å². The second-order valence-corrected chi connectivity index (χ2v) is 11.3. The first kappa shape index (κ1) is 28.5. The van der Waals surface area contributed by atoms with Crippen molar-refractivity contribution in [3.63, 3.8) is 0 Å². The van der Waals surface area contributed by atoms with E-state index in [1.807, 2.05) is 36.4 Å². The zero-order valence-corrected chi connectivity index (χ0v) is 23.0. The fourth-order valence-electron chi connectivity index (χ4n) is 4.14. The maximum Gasteiger partial charge on any atom is 0.318 e. The molecule has 1 aliphatic heterocycles. The Morgan fingerprint density at radius 2 is 1.51 bits per heavy atom. The van der Waals surface area contributed by atoms with Crippen LogP contribution in [0.4, 0.5) is 0 Å². The number of halogens is 2. The summed E-state index contributed by atoms with van der Waals surface area (Å²) in [7, 11) is -3.66. The Bertz CT molecular complexity index is 1570. The minimum atomic E-state index is -3.66. The highest BCUT2D eigenvalue weighted by Gasteiger charge is 2.30. The molecular weight excluding hydrogens is 561 g/mol. The van der Waals surface area contributed by atoms with E-state index in [9.17, 15) is 18.0 Å². The number of rotatable bonds is 5. The molecule has 5 rings (SSSR count). The first-order valence-corrected chi connectivity index (χ1v) is 14.3. The van der Waals surface area contributed by atoms with Crippen molar-refractivity contribution < 1.29 is 23.1 Å². The van der Waals surface area contributed by atoms with Crippen LogP contribution >= 0.6 is 23.2 Å². The lowest BCUT2D eigenvalue weighted by Gasteiger charge is -2.34. The van der Waals surface area contributed by atoms with E-state index in [4.69, 9.17) is 28.3 Å². The normalized spacial score (nSPS) is 13.9. The number of amides is 1. The number of carboxylic acid groups (broad SMARTS) is 1. The molecule has 1 fully saturated rings. The molecule has 0 radical (unpaired) electrons. The largest absolute Gasteiger partial charge is 0.480 e. The maximum atomic E-state index is 13.2. The molecule has 202 valence electrons. The monoisotopic (exact) mass is 585 g/mol. The van der Waals surface area contributed by atoms with Gasteiger partial charge in [0.2, 0.25) is 10.0 Å². The van der Waals surface area contributed by atoms with E-state index in [1.165, 1.54) is 4.31 Å². The van der Waals surface area contributed by atoms with Gasteiger partial charge in [0.15, 0.2) is 0 Å². The number of pyridine rings is 1. The second-order valence-electron chi connectivity index (χ2n) is 8.67. The Balaban J connectivity index is 0.000000648. The number of fused-ring (bicyclic) bond motifs is 1. The fraction of sp³-hybridized carbons (Fsp3) is 0.179. The lowest BCUT2D eigenvalue weighted by Crippen LogP contribution is -2.50. The van der Waals surface area contributed by atoms with Crippen molar-refractivity contribution in [2.45, 2.75) is 4.90 Å². The number of sulfonamides is 1. The first-order chi connectivity index (χ1) is 18.7. The van der Waals surface area contributed by atoms with Gasteiger partial charge < -0.3 is 10.0 Å². The third-order valence-corrected chi connectivity index (χ3v) is 8.50. The highest BCUT2D eigenvalue weighted by Crippen LogP contribution is 2.25. The highest BCUT2D eigenvalue weighted by atomic mass is 35.5. The lowest BCUT2D eigenvalue weighted by atomic mass is 10.1. The predicted molar refractivity (Wildman–Crippen MR) is 152 cm³/mol. The molecule has 2 heterocycles. The van der Waals surface area contributed by atoms with Gasteiger partial charge in [0.25, 0.3) is 5.91 Å². The number of hydrogen-bond acceptors (Lipinski definition) is 5. The number of aromatic nitrogens is 1. The van der Waals surface area contributed by atoms with E-state index in [2.05, 4.69) is 4.98 Å². The van der Waals surface area contributed by atoms with Gasteiger partial charge in [-0.2, -0.15) is 4.31 Å². The van der Waals surface area contributed by atoms with Gasteiger partial charge in [-0.05, 0) is 59.3 Å². The first-order valence-electron chi connectivity index (χ1n) is 12.0. The van der Waals surface area contributed by atoms with Crippen molar-refractivity contribution in [1.29, 1.82) is 0 Å².